The number of urea groups is 1. The van der Waals surface area contributed by atoms with Crippen molar-refractivity contribution >= 4 is 46.2 Å². The fraction of sp³-hybridized carbons (Fsp3) is 0.241. The van der Waals surface area contributed by atoms with Crippen LogP contribution in [0.15, 0.2) is 76.8 Å². The fourth-order valence-corrected chi connectivity index (χ4v) is 5.17. The lowest BCUT2D eigenvalue weighted by Crippen LogP contribution is -2.18. The van der Waals surface area contributed by atoms with Crippen LogP contribution in [0, 0.1) is 6.92 Å². The summed E-state index contributed by atoms with van der Waals surface area (Å²) in [5.41, 5.74) is 7.52. The number of nitrogens with one attached hydrogen (secondary N) is 2. The molecule has 1 heterocycles. The van der Waals surface area contributed by atoms with Gasteiger partial charge in [0.05, 0.1) is 28.6 Å². The zero-order valence-electron chi connectivity index (χ0n) is 22.0. The van der Waals surface area contributed by atoms with Crippen molar-refractivity contribution in [3.63, 3.8) is 0 Å². The number of hydrazone groups is 1. The number of alkyl halides is 3. The van der Waals surface area contributed by atoms with Crippen LogP contribution in [-0.4, -0.2) is 35.2 Å². The van der Waals surface area contributed by atoms with Crippen LogP contribution in [0.25, 0.3) is 0 Å². The number of hydrogen-bond acceptors (Lipinski definition) is 6. The highest BCUT2D eigenvalue weighted by Crippen LogP contribution is 2.37. The smallest absolute Gasteiger partial charge is 0.406 e. The molecule has 2 amide bonds. The molecule has 0 aromatic heterocycles. The second-order valence-electron chi connectivity index (χ2n) is 9.42. The zero-order chi connectivity index (χ0) is 28.9. The SMILES string of the molecule is Cc1ccc(C(C)C)c(C2C(=O)CS/C2=N\C(=O)Nc2ccc(N/N=C/c3ccc(OC(F)(F)F)cc3)cc2)c1. The van der Waals surface area contributed by atoms with E-state index in [-0.39, 0.29) is 23.2 Å². The molecule has 4 rings (SSSR count). The van der Waals surface area contributed by atoms with Crippen LogP contribution in [0.4, 0.5) is 29.3 Å². The summed E-state index contributed by atoms with van der Waals surface area (Å²) in [5, 5.41) is 7.28. The minimum absolute atomic E-state index is 0.0330. The highest BCUT2D eigenvalue weighted by molar-refractivity contribution is 8.15. The molecular weight excluding hydrogens is 541 g/mol. The largest absolute Gasteiger partial charge is 0.573 e. The van der Waals surface area contributed by atoms with Crippen molar-refractivity contribution in [1.82, 2.24) is 0 Å². The van der Waals surface area contributed by atoms with Crippen molar-refractivity contribution in [2.45, 2.75) is 39.0 Å². The molecule has 3 aromatic carbocycles. The van der Waals surface area contributed by atoms with Crippen LogP contribution in [0.2, 0.25) is 0 Å². The maximum absolute atomic E-state index is 12.8. The van der Waals surface area contributed by atoms with E-state index in [1.165, 1.54) is 42.2 Å². The molecule has 11 heteroatoms. The maximum atomic E-state index is 12.8. The van der Waals surface area contributed by atoms with Crippen molar-refractivity contribution in [1.29, 1.82) is 0 Å². The molecule has 0 spiro atoms. The van der Waals surface area contributed by atoms with Gasteiger partial charge in [0.15, 0.2) is 5.78 Å². The highest BCUT2D eigenvalue weighted by atomic mass is 32.2. The summed E-state index contributed by atoms with van der Waals surface area (Å²) in [4.78, 5) is 29.7. The Bertz CT molecular complexity index is 1440. The number of rotatable bonds is 7. The summed E-state index contributed by atoms with van der Waals surface area (Å²) < 4.78 is 40.6. The quantitative estimate of drug-likeness (QED) is 0.228. The number of carbonyl (C=O) groups excluding carboxylic acids is 2. The van der Waals surface area contributed by atoms with Gasteiger partial charge in [0.1, 0.15) is 5.75 Å². The van der Waals surface area contributed by atoms with Crippen LogP contribution in [0.3, 0.4) is 0 Å². The summed E-state index contributed by atoms with van der Waals surface area (Å²) in [7, 11) is 0. The third-order valence-corrected chi connectivity index (χ3v) is 7.03. The maximum Gasteiger partial charge on any atom is 0.573 e. The lowest BCUT2D eigenvalue weighted by molar-refractivity contribution is -0.274. The Morgan fingerprint density at radius 1 is 1.05 bits per heavy atom. The first kappa shape index (κ1) is 28.9. The van der Waals surface area contributed by atoms with Gasteiger partial charge in [0, 0.05) is 5.69 Å². The van der Waals surface area contributed by atoms with Gasteiger partial charge in [-0.15, -0.1) is 24.9 Å². The minimum atomic E-state index is -4.74. The average Bonchev–Trinajstić information content (AvgIpc) is 3.24. The Labute approximate surface area is 233 Å². The third-order valence-electron chi connectivity index (χ3n) is 5.98. The molecule has 208 valence electrons. The topological polar surface area (TPSA) is 92.2 Å². The molecule has 1 atom stereocenters. The van der Waals surface area contributed by atoms with E-state index in [0.717, 1.165) is 16.7 Å². The molecule has 1 aliphatic rings. The Morgan fingerprint density at radius 2 is 1.73 bits per heavy atom. The third kappa shape index (κ3) is 7.72. The molecule has 0 bridgehead atoms. The number of carbonyl (C=O) groups is 2. The van der Waals surface area contributed by atoms with E-state index in [9.17, 15) is 22.8 Å². The molecular formula is C29H27F3N4O3S. The molecule has 7 nitrogen and oxygen atoms in total. The van der Waals surface area contributed by atoms with Gasteiger partial charge in [-0.2, -0.15) is 10.1 Å². The van der Waals surface area contributed by atoms with E-state index in [0.29, 0.717) is 22.0 Å². The first-order valence-electron chi connectivity index (χ1n) is 12.4. The number of ketones is 1. The van der Waals surface area contributed by atoms with E-state index >= 15 is 0 Å². The van der Waals surface area contributed by atoms with E-state index in [1.807, 2.05) is 25.1 Å². The monoisotopic (exact) mass is 568 g/mol. The van der Waals surface area contributed by atoms with Crippen molar-refractivity contribution in [3.8, 4) is 5.75 Å². The molecule has 0 saturated carbocycles. The lowest BCUT2D eigenvalue weighted by atomic mass is 9.86. The molecule has 2 N–H and O–H groups in total. The van der Waals surface area contributed by atoms with Gasteiger partial charge in [0.25, 0.3) is 0 Å². The second-order valence-corrected chi connectivity index (χ2v) is 10.4. The van der Waals surface area contributed by atoms with Crippen molar-refractivity contribution < 1.29 is 27.5 Å². The highest BCUT2D eigenvalue weighted by Gasteiger charge is 2.36. The van der Waals surface area contributed by atoms with E-state index in [2.05, 4.69) is 39.4 Å². The van der Waals surface area contributed by atoms with Gasteiger partial charge < -0.3 is 10.1 Å². The summed E-state index contributed by atoms with van der Waals surface area (Å²) in [6.07, 6.45) is -3.30. The number of Topliss-reactive ketones (excluding diaryl/α,β-unsaturated/α-hetero) is 1. The van der Waals surface area contributed by atoms with Crippen LogP contribution >= 0.6 is 11.8 Å². The number of anilines is 2. The number of amides is 2. The number of hydrogen-bond donors (Lipinski definition) is 2. The standard InChI is InChI=1S/C29H27F3N4O3S/c1-17(2)23-13-4-18(3)14-24(23)26-25(37)16-40-27(26)35-28(38)34-20-7-9-21(10-8-20)36-33-15-19-5-11-22(12-6-19)39-29(30,31)32/h4-15,17,26,36H,16H2,1-3H3,(H,34,38)/b33-15+,35-27-. The van der Waals surface area contributed by atoms with Crippen molar-refractivity contribution in [2.24, 2.45) is 10.1 Å². The number of thioether (sulfide) groups is 1. The molecule has 0 aliphatic carbocycles. The molecule has 1 saturated heterocycles. The number of halogens is 3. The van der Waals surface area contributed by atoms with Gasteiger partial charge in [-0.05, 0) is 78.1 Å². The van der Waals surface area contributed by atoms with E-state index < -0.39 is 18.3 Å². The molecule has 1 fully saturated rings. The number of benzene rings is 3. The van der Waals surface area contributed by atoms with Crippen LogP contribution < -0.4 is 15.5 Å². The van der Waals surface area contributed by atoms with Gasteiger partial charge >= 0.3 is 12.4 Å². The first-order valence-corrected chi connectivity index (χ1v) is 13.4. The van der Waals surface area contributed by atoms with Crippen LogP contribution in [0.1, 0.15) is 47.9 Å². The zero-order valence-corrected chi connectivity index (χ0v) is 22.8. The number of ether oxygens (including phenoxy) is 1. The summed E-state index contributed by atoms with van der Waals surface area (Å²) in [6, 6.07) is 17.5. The molecule has 0 radical (unpaired) electrons. The van der Waals surface area contributed by atoms with Gasteiger partial charge in [-0.3, -0.25) is 10.2 Å². The Hall–Kier alpha value is -4.12. The average molecular weight is 569 g/mol. The van der Waals surface area contributed by atoms with Crippen LogP contribution in [0.5, 0.6) is 5.75 Å². The summed E-state index contributed by atoms with van der Waals surface area (Å²) >= 11 is 1.29. The Kier molecular flexibility index (Phi) is 8.93. The van der Waals surface area contributed by atoms with E-state index in [1.54, 1.807) is 24.3 Å². The number of aliphatic imine (C=N–C) groups is 1. The lowest BCUT2D eigenvalue weighted by Gasteiger charge is -2.18. The van der Waals surface area contributed by atoms with Crippen molar-refractivity contribution in [3.05, 3.63) is 89.0 Å². The minimum Gasteiger partial charge on any atom is -0.406 e. The van der Waals surface area contributed by atoms with Crippen LogP contribution in [-0.2, 0) is 4.79 Å². The predicted octanol–water partition coefficient (Wildman–Crippen LogP) is 7.49. The first-order chi connectivity index (χ1) is 19.0. The van der Waals surface area contributed by atoms with Gasteiger partial charge in [-0.25, -0.2) is 4.79 Å². The Balaban J connectivity index is 1.37. The van der Waals surface area contributed by atoms with Gasteiger partial charge in [0.2, 0.25) is 0 Å². The summed E-state index contributed by atoms with van der Waals surface area (Å²) in [6.45, 7) is 6.12. The fourth-order valence-electron chi connectivity index (χ4n) is 4.14. The Morgan fingerprint density at radius 3 is 2.38 bits per heavy atom. The summed E-state index contributed by atoms with van der Waals surface area (Å²) in [5.74, 6) is -0.339. The predicted molar refractivity (Wildman–Crippen MR) is 153 cm³/mol. The normalized spacial score (nSPS) is 16.6. The number of nitrogens with zero attached hydrogens (tertiary/aromatic N) is 2. The molecule has 40 heavy (non-hydrogen) atoms. The second kappa shape index (κ2) is 12.4. The number of aryl methyl sites for hydroxylation is 1. The van der Waals surface area contributed by atoms with E-state index in [4.69, 9.17) is 0 Å². The molecule has 1 unspecified atom stereocenters. The van der Waals surface area contributed by atoms with Crippen molar-refractivity contribution in [2.75, 3.05) is 16.5 Å². The molecule has 3 aromatic rings. The van der Waals surface area contributed by atoms with Gasteiger partial charge in [-0.1, -0.05) is 37.6 Å². The molecule has 1 aliphatic heterocycles.